The maximum atomic E-state index is 11.8. The molecule has 1 atom stereocenters. The van der Waals surface area contributed by atoms with Crippen molar-refractivity contribution in [2.45, 2.75) is 26.2 Å². The van der Waals surface area contributed by atoms with E-state index in [1.54, 1.807) is 0 Å². The molecule has 21 heavy (non-hydrogen) atoms. The number of Topliss-reactive ketones (excluding diaryl/α,β-unsaturated/α-hetero) is 1. The Balaban J connectivity index is 1.83. The first kappa shape index (κ1) is 13.8. The van der Waals surface area contributed by atoms with E-state index in [1.165, 1.54) is 22.3 Å². The Kier molecular flexibility index (Phi) is 4.01. The zero-order valence-electron chi connectivity index (χ0n) is 12.4. The number of benzene rings is 2. The van der Waals surface area contributed by atoms with Crippen molar-refractivity contribution in [3.05, 3.63) is 65.7 Å². The summed E-state index contributed by atoms with van der Waals surface area (Å²) in [7, 11) is 0. The molecule has 0 bridgehead atoms. The topological polar surface area (TPSA) is 17.1 Å². The van der Waals surface area contributed by atoms with Gasteiger partial charge in [-0.1, -0.05) is 73.2 Å². The highest BCUT2D eigenvalue weighted by Crippen LogP contribution is 2.28. The molecule has 0 N–H and O–H groups in total. The first-order valence-corrected chi connectivity index (χ1v) is 7.63. The second kappa shape index (κ2) is 6.09. The monoisotopic (exact) mass is 276 g/mol. The summed E-state index contributed by atoms with van der Waals surface area (Å²) in [6, 6.07) is 19.0. The second-order valence-corrected chi connectivity index (χ2v) is 5.75. The number of rotatable bonds is 2. The van der Waals surface area contributed by atoms with E-state index in [2.05, 4.69) is 54.6 Å². The summed E-state index contributed by atoms with van der Waals surface area (Å²) in [6.45, 7) is 2.03. The van der Waals surface area contributed by atoms with Crippen LogP contribution in [0.2, 0.25) is 0 Å². The van der Waals surface area contributed by atoms with Crippen LogP contribution in [0.1, 0.15) is 31.7 Å². The van der Waals surface area contributed by atoms with Crippen LogP contribution < -0.4 is 0 Å². The molecule has 1 heteroatoms. The molecule has 0 amide bonds. The number of hydrogen-bond acceptors (Lipinski definition) is 1. The molecule has 0 aromatic heterocycles. The molecule has 0 radical (unpaired) electrons. The molecule has 2 aromatic carbocycles. The van der Waals surface area contributed by atoms with Crippen LogP contribution in [0.5, 0.6) is 0 Å². The Labute approximate surface area is 126 Å². The predicted octanol–water partition coefficient (Wildman–Crippen LogP) is 5.13. The first-order chi connectivity index (χ1) is 10.2. The molecule has 0 aliphatic heterocycles. The van der Waals surface area contributed by atoms with Crippen LogP contribution in [0.25, 0.3) is 17.2 Å². The molecular weight excluding hydrogens is 256 g/mol. The van der Waals surface area contributed by atoms with E-state index in [9.17, 15) is 4.79 Å². The Morgan fingerprint density at radius 2 is 1.57 bits per heavy atom. The molecule has 1 unspecified atom stereocenters. The molecule has 1 nitrogen and oxygen atoms in total. The van der Waals surface area contributed by atoms with Gasteiger partial charge in [0.2, 0.25) is 0 Å². The van der Waals surface area contributed by atoms with Gasteiger partial charge in [-0.05, 0) is 29.5 Å². The van der Waals surface area contributed by atoms with Gasteiger partial charge < -0.3 is 0 Å². The van der Waals surface area contributed by atoms with E-state index in [-0.39, 0.29) is 5.92 Å². The van der Waals surface area contributed by atoms with E-state index in [0.29, 0.717) is 5.78 Å². The van der Waals surface area contributed by atoms with Crippen LogP contribution >= 0.6 is 0 Å². The third-order valence-corrected chi connectivity index (χ3v) is 4.30. The summed E-state index contributed by atoms with van der Waals surface area (Å²) in [4.78, 5) is 11.8. The Hall–Kier alpha value is -2.15. The number of carbonyl (C=O) groups is 1. The van der Waals surface area contributed by atoms with Crippen LogP contribution in [-0.4, -0.2) is 5.78 Å². The minimum absolute atomic E-state index is 0.0903. The van der Waals surface area contributed by atoms with Crippen molar-refractivity contribution in [3.8, 4) is 11.1 Å². The maximum absolute atomic E-state index is 11.8. The number of hydrogen-bond donors (Lipinski definition) is 0. The smallest absolute Gasteiger partial charge is 0.139 e. The van der Waals surface area contributed by atoms with E-state index in [4.69, 9.17) is 0 Å². The largest absolute Gasteiger partial charge is 0.299 e. The molecule has 1 fully saturated rings. The number of allylic oxidation sites excluding steroid dienone is 1. The highest BCUT2D eigenvalue weighted by molar-refractivity contribution is 5.86. The van der Waals surface area contributed by atoms with Crippen molar-refractivity contribution in [2.24, 2.45) is 5.92 Å². The summed E-state index contributed by atoms with van der Waals surface area (Å²) in [5.41, 5.74) is 4.92. The predicted molar refractivity (Wildman–Crippen MR) is 87.9 cm³/mol. The average molecular weight is 276 g/mol. The highest BCUT2D eigenvalue weighted by atomic mass is 16.1. The van der Waals surface area contributed by atoms with Crippen LogP contribution in [-0.2, 0) is 4.79 Å². The average Bonchev–Trinajstić information content (AvgIpc) is 2.53. The third kappa shape index (κ3) is 3.13. The fourth-order valence-electron chi connectivity index (χ4n) is 2.92. The first-order valence-electron chi connectivity index (χ1n) is 7.63. The highest BCUT2D eigenvalue weighted by Gasteiger charge is 2.21. The van der Waals surface area contributed by atoms with Gasteiger partial charge in [0.1, 0.15) is 5.78 Å². The molecular formula is C20H20O. The van der Waals surface area contributed by atoms with Gasteiger partial charge in [-0.3, -0.25) is 4.79 Å². The van der Waals surface area contributed by atoms with Crippen molar-refractivity contribution in [1.82, 2.24) is 0 Å². The lowest BCUT2D eigenvalue weighted by Gasteiger charge is -2.20. The normalized spacial score (nSPS) is 20.7. The third-order valence-electron chi connectivity index (χ3n) is 4.30. The molecule has 1 aliphatic rings. The van der Waals surface area contributed by atoms with Gasteiger partial charge in [0.25, 0.3) is 0 Å². The van der Waals surface area contributed by atoms with E-state index in [0.717, 1.165) is 19.3 Å². The molecule has 1 saturated carbocycles. The zero-order chi connectivity index (χ0) is 14.7. The zero-order valence-corrected chi connectivity index (χ0v) is 12.4. The molecule has 3 rings (SSSR count). The summed E-state index contributed by atoms with van der Waals surface area (Å²) < 4.78 is 0. The molecule has 0 saturated heterocycles. The van der Waals surface area contributed by atoms with Gasteiger partial charge >= 0.3 is 0 Å². The SMILES string of the molecule is CC1C(=O)CCCC1=Cc1ccc(-c2ccccc2)cc1. The maximum Gasteiger partial charge on any atom is 0.139 e. The van der Waals surface area contributed by atoms with Crippen molar-refractivity contribution >= 4 is 11.9 Å². The Bertz CT molecular complexity index is 650. The van der Waals surface area contributed by atoms with E-state index in [1.807, 2.05) is 13.0 Å². The molecule has 1 aliphatic carbocycles. The standard InChI is InChI=1S/C20H20O/c1-15-19(8-5-9-20(15)21)14-16-10-12-18(13-11-16)17-6-3-2-4-7-17/h2-4,6-7,10-15H,5,8-9H2,1H3. The van der Waals surface area contributed by atoms with Gasteiger partial charge in [0, 0.05) is 12.3 Å². The van der Waals surface area contributed by atoms with Gasteiger partial charge in [0.05, 0.1) is 0 Å². The minimum Gasteiger partial charge on any atom is -0.299 e. The lowest BCUT2D eigenvalue weighted by atomic mass is 9.83. The van der Waals surface area contributed by atoms with Crippen molar-refractivity contribution < 1.29 is 4.79 Å². The van der Waals surface area contributed by atoms with Gasteiger partial charge in [-0.15, -0.1) is 0 Å². The summed E-state index contributed by atoms with van der Waals surface area (Å²) in [6.07, 6.45) is 4.98. The van der Waals surface area contributed by atoms with Crippen LogP contribution in [0.3, 0.4) is 0 Å². The van der Waals surface area contributed by atoms with Crippen molar-refractivity contribution in [2.75, 3.05) is 0 Å². The Morgan fingerprint density at radius 1 is 0.905 bits per heavy atom. The van der Waals surface area contributed by atoms with Gasteiger partial charge in [-0.25, -0.2) is 0 Å². The van der Waals surface area contributed by atoms with Crippen LogP contribution in [0.15, 0.2) is 60.2 Å². The number of ketones is 1. The van der Waals surface area contributed by atoms with Gasteiger partial charge in [-0.2, -0.15) is 0 Å². The fraction of sp³-hybridized carbons (Fsp3) is 0.250. The summed E-state index contributed by atoms with van der Waals surface area (Å²) in [5.74, 6) is 0.473. The van der Waals surface area contributed by atoms with E-state index < -0.39 is 0 Å². The van der Waals surface area contributed by atoms with Crippen molar-refractivity contribution in [1.29, 1.82) is 0 Å². The van der Waals surface area contributed by atoms with Crippen LogP contribution in [0, 0.1) is 5.92 Å². The fourth-order valence-corrected chi connectivity index (χ4v) is 2.92. The van der Waals surface area contributed by atoms with Crippen LogP contribution in [0.4, 0.5) is 0 Å². The Morgan fingerprint density at radius 3 is 2.29 bits per heavy atom. The summed E-state index contributed by atoms with van der Waals surface area (Å²) >= 11 is 0. The minimum atomic E-state index is 0.0903. The summed E-state index contributed by atoms with van der Waals surface area (Å²) in [5, 5.41) is 0. The van der Waals surface area contributed by atoms with Gasteiger partial charge in [0.15, 0.2) is 0 Å². The lowest BCUT2D eigenvalue weighted by molar-refractivity contribution is -0.122. The molecule has 0 spiro atoms. The quantitative estimate of drug-likeness (QED) is 0.743. The molecule has 106 valence electrons. The van der Waals surface area contributed by atoms with Crippen molar-refractivity contribution in [3.63, 3.8) is 0 Å². The lowest BCUT2D eigenvalue weighted by Crippen LogP contribution is -2.18. The number of carbonyl (C=O) groups excluding carboxylic acids is 1. The molecule has 2 aromatic rings. The second-order valence-electron chi connectivity index (χ2n) is 5.75. The molecule has 0 heterocycles. The van der Waals surface area contributed by atoms with E-state index >= 15 is 0 Å².